The van der Waals surface area contributed by atoms with Crippen molar-refractivity contribution in [2.24, 2.45) is 0 Å². The topological polar surface area (TPSA) is 84.9 Å². The van der Waals surface area contributed by atoms with Crippen LogP contribution in [-0.4, -0.2) is 33.4 Å². The number of nitrogens with one attached hydrogen (secondary N) is 1. The average molecular weight is 439 g/mol. The quantitative estimate of drug-likeness (QED) is 0.717. The van der Waals surface area contributed by atoms with E-state index in [1.54, 1.807) is 37.3 Å². The second-order valence-corrected chi connectivity index (χ2v) is 9.09. The maximum absolute atomic E-state index is 12.9. The molecular formula is C20H23ClN2O5S. The zero-order valence-electron chi connectivity index (χ0n) is 16.4. The number of halogens is 1. The van der Waals surface area contributed by atoms with Gasteiger partial charge in [-0.15, -0.1) is 0 Å². The predicted molar refractivity (Wildman–Crippen MR) is 112 cm³/mol. The standard InChI is InChI=1S/C20H23ClN2O5S/c1-4-17(23(29(3,25)26)15-7-5-13(2)16(21)10-15)20(24)22-11-14-6-8-18-19(9-14)28-12-27-18/h5-10,17H,4,11-12H2,1-3H3,(H,22,24)/t17-/m0/s1. The number of sulfonamides is 1. The van der Waals surface area contributed by atoms with Crippen LogP contribution in [0.2, 0.25) is 5.02 Å². The van der Waals surface area contributed by atoms with Gasteiger partial charge < -0.3 is 14.8 Å². The van der Waals surface area contributed by atoms with Gasteiger partial charge in [0.25, 0.3) is 0 Å². The molecule has 1 atom stereocenters. The fourth-order valence-corrected chi connectivity index (χ4v) is 4.52. The van der Waals surface area contributed by atoms with E-state index in [9.17, 15) is 13.2 Å². The largest absolute Gasteiger partial charge is 0.454 e. The number of aryl methyl sites for hydroxylation is 1. The number of nitrogens with zero attached hydrogens (tertiary/aromatic N) is 1. The highest BCUT2D eigenvalue weighted by molar-refractivity contribution is 7.92. The summed E-state index contributed by atoms with van der Waals surface area (Å²) in [5.74, 6) is 0.883. The van der Waals surface area contributed by atoms with E-state index in [-0.39, 0.29) is 13.3 Å². The highest BCUT2D eigenvalue weighted by Gasteiger charge is 2.31. The first-order valence-corrected chi connectivity index (χ1v) is 11.3. The van der Waals surface area contributed by atoms with Crippen LogP contribution in [0.4, 0.5) is 5.69 Å². The first-order valence-electron chi connectivity index (χ1n) is 9.12. The summed E-state index contributed by atoms with van der Waals surface area (Å²) < 4.78 is 36.8. The molecule has 3 rings (SSSR count). The van der Waals surface area contributed by atoms with Crippen LogP contribution in [-0.2, 0) is 21.4 Å². The normalized spacial score (nSPS) is 13.8. The van der Waals surface area contributed by atoms with Crippen LogP contribution in [0.25, 0.3) is 0 Å². The Morgan fingerprint density at radius 3 is 2.59 bits per heavy atom. The predicted octanol–water partition coefficient (Wildman–Crippen LogP) is 3.24. The van der Waals surface area contributed by atoms with Gasteiger partial charge in [-0.2, -0.15) is 0 Å². The molecule has 0 aliphatic carbocycles. The molecule has 1 N–H and O–H groups in total. The highest BCUT2D eigenvalue weighted by Crippen LogP contribution is 2.32. The summed E-state index contributed by atoms with van der Waals surface area (Å²) in [6.07, 6.45) is 1.38. The van der Waals surface area contributed by atoms with Gasteiger partial charge in [0.05, 0.1) is 11.9 Å². The molecular weight excluding hydrogens is 416 g/mol. The lowest BCUT2D eigenvalue weighted by atomic mass is 10.1. The molecule has 0 saturated heterocycles. The lowest BCUT2D eigenvalue weighted by Crippen LogP contribution is -2.49. The summed E-state index contributed by atoms with van der Waals surface area (Å²) in [7, 11) is -3.72. The number of fused-ring (bicyclic) bond motifs is 1. The van der Waals surface area contributed by atoms with E-state index in [0.717, 1.165) is 21.7 Å². The number of carbonyl (C=O) groups excluding carboxylic acids is 1. The summed E-state index contributed by atoms with van der Waals surface area (Å²) in [5.41, 5.74) is 2.00. The molecule has 1 heterocycles. The van der Waals surface area contributed by atoms with E-state index in [4.69, 9.17) is 21.1 Å². The molecule has 0 bridgehead atoms. The van der Waals surface area contributed by atoms with Gasteiger partial charge in [0.2, 0.25) is 22.7 Å². The van der Waals surface area contributed by atoms with Crippen LogP contribution in [0.1, 0.15) is 24.5 Å². The molecule has 1 amide bonds. The number of rotatable bonds is 7. The number of hydrogen-bond donors (Lipinski definition) is 1. The third-order valence-electron chi connectivity index (χ3n) is 4.64. The molecule has 0 aromatic heterocycles. The number of ether oxygens (including phenoxy) is 2. The van der Waals surface area contributed by atoms with Crippen LogP contribution < -0.4 is 19.1 Å². The van der Waals surface area contributed by atoms with Crippen molar-refractivity contribution in [3.63, 3.8) is 0 Å². The molecule has 0 spiro atoms. The maximum atomic E-state index is 12.9. The fourth-order valence-electron chi connectivity index (χ4n) is 3.14. The van der Waals surface area contributed by atoms with Crippen molar-refractivity contribution in [3.05, 3.63) is 52.5 Å². The van der Waals surface area contributed by atoms with Crippen LogP contribution >= 0.6 is 11.6 Å². The van der Waals surface area contributed by atoms with Crippen LogP contribution in [0.5, 0.6) is 11.5 Å². The SMILES string of the molecule is CC[C@@H](C(=O)NCc1ccc2c(c1)OCO2)N(c1ccc(C)c(Cl)c1)S(C)(=O)=O. The molecule has 0 saturated carbocycles. The third-order valence-corrected chi connectivity index (χ3v) is 6.23. The van der Waals surface area contributed by atoms with E-state index in [2.05, 4.69) is 5.32 Å². The summed E-state index contributed by atoms with van der Waals surface area (Å²) in [6.45, 7) is 3.99. The molecule has 9 heteroatoms. The van der Waals surface area contributed by atoms with E-state index < -0.39 is 22.0 Å². The van der Waals surface area contributed by atoms with Gasteiger partial charge >= 0.3 is 0 Å². The van der Waals surface area contributed by atoms with Gasteiger partial charge in [-0.05, 0) is 48.7 Å². The Balaban J connectivity index is 1.80. The van der Waals surface area contributed by atoms with E-state index in [1.165, 1.54) is 0 Å². The van der Waals surface area contributed by atoms with Crippen molar-refractivity contribution < 1.29 is 22.7 Å². The second kappa shape index (κ2) is 8.51. The van der Waals surface area contributed by atoms with E-state index in [0.29, 0.717) is 28.6 Å². The number of anilines is 1. The molecule has 156 valence electrons. The average Bonchev–Trinajstić information content (AvgIpc) is 3.13. The van der Waals surface area contributed by atoms with Crippen molar-refractivity contribution in [3.8, 4) is 11.5 Å². The Hall–Kier alpha value is -2.45. The second-order valence-electron chi connectivity index (χ2n) is 6.82. The van der Waals surface area contributed by atoms with Gasteiger partial charge in [-0.1, -0.05) is 30.7 Å². The van der Waals surface area contributed by atoms with Crippen molar-refractivity contribution in [1.29, 1.82) is 0 Å². The van der Waals surface area contributed by atoms with E-state index in [1.807, 2.05) is 13.0 Å². The third kappa shape index (κ3) is 4.76. The van der Waals surface area contributed by atoms with Crippen molar-refractivity contribution in [2.75, 3.05) is 17.4 Å². The summed E-state index contributed by atoms with van der Waals surface area (Å²) in [5, 5.41) is 3.25. The van der Waals surface area contributed by atoms with Crippen molar-refractivity contribution >= 4 is 33.2 Å². The number of hydrogen-bond acceptors (Lipinski definition) is 5. The summed E-state index contributed by atoms with van der Waals surface area (Å²) in [4.78, 5) is 12.9. The molecule has 2 aromatic carbocycles. The van der Waals surface area contributed by atoms with E-state index >= 15 is 0 Å². The maximum Gasteiger partial charge on any atom is 0.244 e. The lowest BCUT2D eigenvalue weighted by molar-refractivity contribution is -0.122. The summed E-state index contributed by atoms with van der Waals surface area (Å²) in [6, 6.07) is 9.42. The molecule has 0 fully saturated rings. The smallest absolute Gasteiger partial charge is 0.244 e. The van der Waals surface area contributed by atoms with Crippen LogP contribution in [0.3, 0.4) is 0 Å². The number of benzene rings is 2. The van der Waals surface area contributed by atoms with Gasteiger partial charge in [-0.25, -0.2) is 8.42 Å². The van der Waals surface area contributed by atoms with Crippen molar-refractivity contribution in [1.82, 2.24) is 5.32 Å². The molecule has 7 nitrogen and oxygen atoms in total. The minimum atomic E-state index is -3.72. The van der Waals surface area contributed by atoms with Gasteiger partial charge in [0.15, 0.2) is 11.5 Å². The number of carbonyl (C=O) groups is 1. The van der Waals surface area contributed by atoms with Gasteiger partial charge in [0, 0.05) is 11.6 Å². The first-order chi connectivity index (χ1) is 13.7. The Labute approximate surface area is 175 Å². The lowest BCUT2D eigenvalue weighted by Gasteiger charge is -2.30. The van der Waals surface area contributed by atoms with Gasteiger partial charge in [-0.3, -0.25) is 9.10 Å². The monoisotopic (exact) mass is 438 g/mol. The van der Waals surface area contributed by atoms with Gasteiger partial charge in [0.1, 0.15) is 6.04 Å². The zero-order valence-corrected chi connectivity index (χ0v) is 18.0. The minimum Gasteiger partial charge on any atom is -0.454 e. The number of amides is 1. The molecule has 1 aliphatic rings. The molecule has 2 aromatic rings. The first kappa shape index (κ1) is 21.3. The van der Waals surface area contributed by atoms with Crippen molar-refractivity contribution in [2.45, 2.75) is 32.9 Å². The van der Waals surface area contributed by atoms with Crippen LogP contribution in [0, 0.1) is 6.92 Å². The Kier molecular flexibility index (Phi) is 6.24. The molecule has 0 unspecified atom stereocenters. The Morgan fingerprint density at radius 2 is 1.93 bits per heavy atom. The van der Waals surface area contributed by atoms with Crippen LogP contribution in [0.15, 0.2) is 36.4 Å². The minimum absolute atomic E-state index is 0.172. The fraction of sp³-hybridized carbons (Fsp3) is 0.350. The summed E-state index contributed by atoms with van der Waals surface area (Å²) >= 11 is 6.18. The zero-order chi connectivity index (χ0) is 21.2. The Bertz CT molecular complexity index is 1030. The highest BCUT2D eigenvalue weighted by atomic mass is 35.5. The molecule has 0 radical (unpaired) electrons. The molecule has 29 heavy (non-hydrogen) atoms. The molecule has 1 aliphatic heterocycles. The Morgan fingerprint density at radius 1 is 1.21 bits per heavy atom.